The topological polar surface area (TPSA) is 29.5 Å². The molecule has 0 fully saturated rings. The fourth-order valence-electron chi connectivity index (χ4n) is 2.18. The number of ether oxygens (including phenoxy) is 1. The van der Waals surface area contributed by atoms with E-state index in [9.17, 15) is 5.11 Å². The van der Waals surface area contributed by atoms with Crippen LogP contribution >= 0.6 is 0 Å². The minimum absolute atomic E-state index is 0.0727. The standard InChI is InChI=1S/C16H18O2/c1-18-16-10-6-5-9-15(16)14(12-17)11-13-7-3-2-4-8-13/h2-10,14,17H,11-12H2,1H3. The zero-order chi connectivity index (χ0) is 12.8. The van der Waals surface area contributed by atoms with Crippen molar-refractivity contribution in [2.24, 2.45) is 0 Å². The SMILES string of the molecule is COc1ccccc1C(CO)Cc1ccccc1. The molecule has 0 saturated heterocycles. The zero-order valence-corrected chi connectivity index (χ0v) is 10.5. The van der Waals surface area contributed by atoms with Gasteiger partial charge in [-0.3, -0.25) is 0 Å². The lowest BCUT2D eigenvalue weighted by molar-refractivity contribution is 0.261. The summed E-state index contributed by atoms with van der Waals surface area (Å²) in [5.74, 6) is 0.913. The summed E-state index contributed by atoms with van der Waals surface area (Å²) >= 11 is 0. The maximum Gasteiger partial charge on any atom is 0.122 e. The first-order chi connectivity index (χ1) is 8.85. The summed E-state index contributed by atoms with van der Waals surface area (Å²) in [5, 5.41) is 9.61. The van der Waals surface area contributed by atoms with Gasteiger partial charge in [-0.25, -0.2) is 0 Å². The van der Waals surface area contributed by atoms with Gasteiger partial charge in [-0.1, -0.05) is 48.5 Å². The monoisotopic (exact) mass is 242 g/mol. The fourth-order valence-corrected chi connectivity index (χ4v) is 2.18. The first-order valence-corrected chi connectivity index (χ1v) is 6.13. The number of benzene rings is 2. The van der Waals surface area contributed by atoms with Crippen LogP contribution in [-0.4, -0.2) is 18.8 Å². The summed E-state index contributed by atoms with van der Waals surface area (Å²) in [6.07, 6.45) is 0.817. The molecule has 0 aliphatic heterocycles. The van der Waals surface area contributed by atoms with Crippen LogP contribution in [0.1, 0.15) is 17.0 Å². The van der Waals surface area contributed by atoms with E-state index in [4.69, 9.17) is 4.74 Å². The lowest BCUT2D eigenvalue weighted by atomic mass is 9.92. The maximum atomic E-state index is 9.61. The van der Waals surface area contributed by atoms with Gasteiger partial charge in [0.15, 0.2) is 0 Å². The van der Waals surface area contributed by atoms with E-state index in [1.807, 2.05) is 42.5 Å². The molecule has 94 valence electrons. The molecule has 0 radical (unpaired) electrons. The molecular weight excluding hydrogens is 224 g/mol. The first-order valence-electron chi connectivity index (χ1n) is 6.13. The van der Waals surface area contributed by atoms with Crippen LogP contribution in [0.15, 0.2) is 54.6 Å². The minimum atomic E-state index is 0.0727. The highest BCUT2D eigenvalue weighted by Crippen LogP contribution is 2.28. The number of aliphatic hydroxyl groups excluding tert-OH is 1. The number of hydrogen-bond donors (Lipinski definition) is 1. The quantitative estimate of drug-likeness (QED) is 0.873. The largest absolute Gasteiger partial charge is 0.496 e. The second-order valence-electron chi connectivity index (χ2n) is 4.31. The van der Waals surface area contributed by atoms with Gasteiger partial charge in [-0.2, -0.15) is 0 Å². The molecule has 2 heteroatoms. The lowest BCUT2D eigenvalue weighted by Crippen LogP contribution is -2.09. The summed E-state index contributed by atoms with van der Waals surface area (Å²) in [6, 6.07) is 18.1. The van der Waals surface area contributed by atoms with Gasteiger partial charge in [0.25, 0.3) is 0 Å². The van der Waals surface area contributed by atoms with Crippen LogP contribution in [0, 0.1) is 0 Å². The Bertz CT molecular complexity index is 479. The van der Waals surface area contributed by atoms with Crippen LogP contribution in [0.25, 0.3) is 0 Å². The minimum Gasteiger partial charge on any atom is -0.496 e. The van der Waals surface area contributed by atoms with Crippen LogP contribution in [0.5, 0.6) is 5.75 Å². The van der Waals surface area contributed by atoms with E-state index in [2.05, 4.69) is 12.1 Å². The van der Waals surface area contributed by atoms with Crippen molar-refractivity contribution in [2.45, 2.75) is 12.3 Å². The molecule has 1 atom stereocenters. The average molecular weight is 242 g/mol. The Balaban J connectivity index is 2.23. The van der Waals surface area contributed by atoms with Crippen molar-refractivity contribution < 1.29 is 9.84 Å². The summed E-state index contributed by atoms with van der Waals surface area (Å²) in [7, 11) is 1.66. The van der Waals surface area contributed by atoms with E-state index in [1.54, 1.807) is 7.11 Å². The molecule has 0 saturated carbocycles. The second kappa shape index (κ2) is 6.22. The van der Waals surface area contributed by atoms with Gasteiger partial charge in [-0.15, -0.1) is 0 Å². The normalized spacial score (nSPS) is 12.1. The Labute approximate surface area is 108 Å². The predicted octanol–water partition coefficient (Wildman–Crippen LogP) is 3.01. The van der Waals surface area contributed by atoms with Crippen molar-refractivity contribution in [3.8, 4) is 5.75 Å². The molecule has 2 aromatic carbocycles. The Hall–Kier alpha value is -1.80. The van der Waals surface area contributed by atoms with Crippen molar-refractivity contribution >= 4 is 0 Å². The predicted molar refractivity (Wildman–Crippen MR) is 73.0 cm³/mol. The number of rotatable bonds is 5. The molecule has 0 amide bonds. The van der Waals surface area contributed by atoms with Crippen LogP contribution in [0.3, 0.4) is 0 Å². The number of hydrogen-bond acceptors (Lipinski definition) is 2. The Morgan fingerprint density at radius 2 is 1.67 bits per heavy atom. The van der Waals surface area contributed by atoms with E-state index < -0.39 is 0 Å². The highest BCUT2D eigenvalue weighted by atomic mass is 16.5. The summed E-state index contributed by atoms with van der Waals surface area (Å²) < 4.78 is 5.35. The molecule has 2 rings (SSSR count). The molecule has 2 nitrogen and oxygen atoms in total. The van der Waals surface area contributed by atoms with Crippen molar-refractivity contribution in [2.75, 3.05) is 13.7 Å². The maximum absolute atomic E-state index is 9.61. The van der Waals surface area contributed by atoms with Gasteiger partial charge >= 0.3 is 0 Å². The molecule has 0 spiro atoms. The van der Waals surface area contributed by atoms with Gasteiger partial charge in [0, 0.05) is 5.92 Å². The molecule has 18 heavy (non-hydrogen) atoms. The van der Waals surface area contributed by atoms with Gasteiger partial charge in [0.05, 0.1) is 13.7 Å². The first kappa shape index (κ1) is 12.7. The number of para-hydroxylation sites is 1. The van der Waals surface area contributed by atoms with Crippen molar-refractivity contribution in [1.82, 2.24) is 0 Å². The molecule has 0 heterocycles. The van der Waals surface area contributed by atoms with Crippen LogP contribution in [0.2, 0.25) is 0 Å². The van der Waals surface area contributed by atoms with E-state index in [-0.39, 0.29) is 12.5 Å². The Kier molecular flexibility index (Phi) is 4.37. The van der Waals surface area contributed by atoms with E-state index in [0.717, 1.165) is 17.7 Å². The molecule has 0 aliphatic carbocycles. The van der Waals surface area contributed by atoms with Crippen LogP contribution in [-0.2, 0) is 6.42 Å². The molecule has 0 bridgehead atoms. The lowest BCUT2D eigenvalue weighted by Gasteiger charge is -2.17. The van der Waals surface area contributed by atoms with Crippen molar-refractivity contribution in [1.29, 1.82) is 0 Å². The smallest absolute Gasteiger partial charge is 0.122 e. The van der Waals surface area contributed by atoms with Crippen molar-refractivity contribution in [3.63, 3.8) is 0 Å². The zero-order valence-electron chi connectivity index (χ0n) is 10.5. The van der Waals surface area contributed by atoms with Gasteiger partial charge in [0.2, 0.25) is 0 Å². The highest BCUT2D eigenvalue weighted by Gasteiger charge is 2.15. The van der Waals surface area contributed by atoms with E-state index in [0.29, 0.717) is 0 Å². The third-order valence-electron chi connectivity index (χ3n) is 3.12. The molecule has 0 aromatic heterocycles. The molecule has 1 N–H and O–H groups in total. The molecule has 1 unspecified atom stereocenters. The highest BCUT2D eigenvalue weighted by molar-refractivity contribution is 5.37. The fraction of sp³-hybridized carbons (Fsp3) is 0.250. The average Bonchev–Trinajstić information content (AvgIpc) is 2.46. The molecule has 0 aliphatic rings. The van der Waals surface area contributed by atoms with Crippen LogP contribution in [0.4, 0.5) is 0 Å². The van der Waals surface area contributed by atoms with Crippen LogP contribution < -0.4 is 4.74 Å². The van der Waals surface area contributed by atoms with Gasteiger partial charge in [-0.05, 0) is 23.6 Å². The van der Waals surface area contributed by atoms with E-state index >= 15 is 0 Å². The summed E-state index contributed by atoms with van der Waals surface area (Å²) in [5.41, 5.74) is 2.29. The summed E-state index contributed by atoms with van der Waals surface area (Å²) in [6.45, 7) is 0.120. The molecular formula is C16H18O2. The van der Waals surface area contributed by atoms with Gasteiger partial charge in [0.1, 0.15) is 5.75 Å². The summed E-state index contributed by atoms with van der Waals surface area (Å²) in [4.78, 5) is 0. The Morgan fingerprint density at radius 1 is 1.00 bits per heavy atom. The third-order valence-corrected chi connectivity index (χ3v) is 3.12. The van der Waals surface area contributed by atoms with E-state index in [1.165, 1.54) is 5.56 Å². The molecule has 2 aromatic rings. The van der Waals surface area contributed by atoms with Crippen molar-refractivity contribution in [3.05, 3.63) is 65.7 Å². The third kappa shape index (κ3) is 2.90. The second-order valence-corrected chi connectivity index (χ2v) is 4.31. The Morgan fingerprint density at radius 3 is 2.33 bits per heavy atom. The van der Waals surface area contributed by atoms with Gasteiger partial charge < -0.3 is 9.84 Å². The number of aliphatic hydroxyl groups is 1. The number of methoxy groups -OCH3 is 1.